The molecule has 0 radical (unpaired) electrons. The lowest BCUT2D eigenvalue weighted by Gasteiger charge is -2.16. The maximum absolute atomic E-state index is 11.8. The summed E-state index contributed by atoms with van der Waals surface area (Å²) in [6.07, 6.45) is 1.02. The van der Waals surface area contributed by atoms with E-state index in [9.17, 15) is 4.79 Å². The van der Waals surface area contributed by atoms with Gasteiger partial charge in [-0.1, -0.05) is 45.0 Å². The number of benzene rings is 1. The Bertz CT molecular complexity index is 401. The van der Waals surface area contributed by atoms with Crippen LogP contribution in [-0.2, 0) is 17.8 Å². The minimum Gasteiger partial charge on any atom is -0.354 e. The summed E-state index contributed by atoms with van der Waals surface area (Å²) in [7, 11) is 0. The second-order valence-corrected chi connectivity index (χ2v) is 5.36. The van der Waals surface area contributed by atoms with Gasteiger partial charge in [-0.2, -0.15) is 0 Å². The average Bonchev–Trinajstić information content (AvgIpc) is 2.42. The predicted molar refractivity (Wildman–Crippen MR) is 80.0 cm³/mol. The number of hydrogen-bond acceptors (Lipinski definition) is 2. The predicted octanol–water partition coefficient (Wildman–Crippen LogP) is 2.50. The van der Waals surface area contributed by atoms with Crippen LogP contribution in [0.3, 0.4) is 0 Å². The Morgan fingerprint density at radius 1 is 1.16 bits per heavy atom. The molecule has 3 nitrogen and oxygen atoms in total. The molecule has 1 rings (SSSR count). The normalized spacial score (nSPS) is 12.5. The lowest BCUT2D eigenvalue weighted by molar-refractivity contribution is -0.122. The first-order valence-corrected chi connectivity index (χ1v) is 7.12. The molecule has 1 aromatic carbocycles. The monoisotopic (exact) mass is 262 g/mol. The van der Waals surface area contributed by atoms with E-state index >= 15 is 0 Å². The molecule has 0 spiro atoms. The van der Waals surface area contributed by atoms with Crippen molar-refractivity contribution in [2.24, 2.45) is 5.92 Å². The van der Waals surface area contributed by atoms with Gasteiger partial charge in [0.25, 0.3) is 0 Å². The van der Waals surface area contributed by atoms with Crippen LogP contribution < -0.4 is 10.6 Å². The van der Waals surface area contributed by atoms with Crippen LogP contribution in [0, 0.1) is 5.92 Å². The van der Waals surface area contributed by atoms with Gasteiger partial charge in [0, 0.05) is 13.1 Å². The van der Waals surface area contributed by atoms with Crippen LogP contribution in [0.4, 0.5) is 0 Å². The van der Waals surface area contributed by atoms with Crippen molar-refractivity contribution in [1.82, 2.24) is 10.6 Å². The molecule has 19 heavy (non-hydrogen) atoms. The van der Waals surface area contributed by atoms with E-state index < -0.39 is 0 Å². The molecule has 0 saturated heterocycles. The van der Waals surface area contributed by atoms with E-state index in [1.165, 1.54) is 11.1 Å². The number of amides is 1. The van der Waals surface area contributed by atoms with Gasteiger partial charge in [-0.3, -0.25) is 4.79 Å². The van der Waals surface area contributed by atoms with Crippen LogP contribution in [-0.4, -0.2) is 18.5 Å². The lowest BCUT2D eigenvalue weighted by Crippen LogP contribution is -2.43. The summed E-state index contributed by atoms with van der Waals surface area (Å²) < 4.78 is 0. The Morgan fingerprint density at radius 3 is 2.37 bits per heavy atom. The van der Waals surface area contributed by atoms with E-state index in [2.05, 4.69) is 49.6 Å². The Balaban J connectivity index is 2.45. The fourth-order valence-electron chi connectivity index (χ4n) is 1.89. The van der Waals surface area contributed by atoms with Crippen LogP contribution >= 0.6 is 0 Å². The van der Waals surface area contributed by atoms with Gasteiger partial charge in [-0.25, -0.2) is 0 Å². The topological polar surface area (TPSA) is 41.1 Å². The molecule has 0 heterocycles. The first kappa shape index (κ1) is 15.7. The van der Waals surface area contributed by atoms with Crippen LogP contribution in [0.25, 0.3) is 0 Å². The Hall–Kier alpha value is -1.35. The van der Waals surface area contributed by atoms with Gasteiger partial charge in [-0.05, 0) is 30.4 Å². The van der Waals surface area contributed by atoms with Crippen LogP contribution in [0.15, 0.2) is 24.3 Å². The molecule has 0 saturated carbocycles. The fourth-order valence-corrected chi connectivity index (χ4v) is 1.89. The smallest absolute Gasteiger partial charge is 0.236 e. The van der Waals surface area contributed by atoms with E-state index in [0.717, 1.165) is 19.5 Å². The standard InChI is InChI=1S/C16H26N2O/c1-5-14-8-6-7-9-15(14)11-17-13(4)16(19)18-10-12(2)3/h6-9,12-13,17H,5,10-11H2,1-4H3,(H,18,19). The van der Waals surface area contributed by atoms with Crippen molar-refractivity contribution in [3.8, 4) is 0 Å². The first-order valence-electron chi connectivity index (χ1n) is 7.12. The maximum Gasteiger partial charge on any atom is 0.236 e. The second kappa shape index (κ2) is 7.95. The largest absolute Gasteiger partial charge is 0.354 e. The molecule has 1 aromatic rings. The SMILES string of the molecule is CCc1ccccc1CNC(C)C(=O)NCC(C)C. The van der Waals surface area contributed by atoms with E-state index in [1.54, 1.807) is 0 Å². The van der Waals surface area contributed by atoms with Crippen LogP contribution in [0.1, 0.15) is 38.8 Å². The van der Waals surface area contributed by atoms with Gasteiger partial charge >= 0.3 is 0 Å². The molecule has 0 bridgehead atoms. The molecule has 0 fully saturated rings. The number of aryl methyl sites for hydroxylation is 1. The van der Waals surface area contributed by atoms with Gasteiger partial charge in [0.05, 0.1) is 6.04 Å². The molecule has 2 N–H and O–H groups in total. The van der Waals surface area contributed by atoms with Crippen molar-refractivity contribution < 1.29 is 4.79 Å². The highest BCUT2D eigenvalue weighted by atomic mass is 16.2. The summed E-state index contributed by atoms with van der Waals surface area (Å²) in [6, 6.07) is 8.19. The Kier molecular flexibility index (Phi) is 6.57. The van der Waals surface area contributed by atoms with Crippen LogP contribution in [0.2, 0.25) is 0 Å². The zero-order chi connectivity index (χ0) is 14.3. The molecule has 0 aliphatic heterocycles. The summed E-state index contributed by atoms with van der Waals surface area (Å²) >= 11 is 0. The molecule has 0 aromatic heterocycles. The highest BCUT2D eigenvalue weighted by Gasteiger charge is 2.12. The van der Waals surface area contributed by atoms with E-state index in [-0.39, 0.29) is 11.9 Å². The van der Waals surface area contributed by atoms with E-state index in [1.807, 2.05) is 13.0 Å². The third kappa shape index (κ3) is 5.43. The van der Waals surface area contributed by atoms with Crippen molar-refractivity contribution in [3.63, 3.8) is 0 Å². The van der Waals surface area contributed by atoms with Gasteiger partial charge < -0.3 is 10.6 Å². The zero-order valence-corrected chi connectivity index (χ0v) is 12.5. The third-order valence-electron chi connectivity index (χ3n) is 3.18. The van der Waals surface area contributed by atoms with Crippen molar-refractivity contribution in [3.05, 3.63) is 35.4 Å². The van der Waals surface area contributed by atoms with Gasteiger partial charge in [0.1, 0.15) is 0 Å². The van der Waals surface area contributed by atoms with Crippen LogP contribution in [0.5, 0.6) is 0 Å². The summed E-state index contributed by atoms with van der Waals surface area (Å²) in [4.78, 5) is 11.8. The van der Waals surface area contributed by atoms with Crippen molar-refractivity contribution >= 4 is 5.91 Å². The number of nitrogens with one attached hydrogen (secondary N) is 2. The number of rotatable bonds is 7. The molecule has 0 aliphatic rings. The Morgan fingerprint density at radius 2 is 1.79 bits per heavy atom. The highest BCUT2D eigenvalue weighted by Crippen LogP contribution is 2.09. The first-order chi connectivity index (χ1) is 9.04. The quantitative estimate of drug-likeness (QED) is 0.792. The second-order valence-electron chi connectivity index (χ2n) is 5.36. The molecule has 1 unspecified atom stereocenters. The lowest BCUT2D eigenvalue weighted by atomic mass is 10.1. The van der Waals surface area contributed by atoms with Crippen molar-refractivity contribution in [1.29, 1.82) is 0 Å². The average molecular weight is 262 g/mol. The van der Waals surface area contributed by atoms with Crippen molar-refractivity contribution in [2.45, 2.75) is 46.7 Å². The zero-order valence-electron chi connectivity index (χ0n) is 12.5. The molecule has 3 heteroatoms. The number of carbonyl (C=O) groups excluding carboxylic acids is 1. The molecular formula is C16H26N2O. The number of hydrogen-bond donors (Lipinski definition) is 2. The number of carbonyl (C=O) groups is 1. The summed E-state index contributed by atoms with van der Waals surface area (Å²) in [6.45, 7) is 9.71. The summed E-state index contributed by atoms with van der Waals surface area (Å²) in [5.41, 5.74) is 2.61. The molecule has 1 amide bonds. The van der Waals surface area contributed by atoms with Gasteiger partial charge in [0.2, 0.25) is 5.91 Å². The highest BCUT2D eigenvalue weighted by molar-refractivity contribution is 5.81. The maximum atomic E-state index is 11.8. The van der Waals surface area contributed by atoms with Gasteiger partial charge in [-0.15, -0.1) is 0 Å². The van der Waals surface area contributed by atoms with E-state index in [0.29, 0.717) is 5.92 Å². The van der Waals surface area contributed by atoms with E-state index in [4.69, 9.17) is 0 Å². The fraction of sp³-hybridized carbons (Fsp3) is 0.562. The Labute approximate surface area is 116 Å². The minimum atomic E-state index is -0.163. The minimum absolute atomic E-state index is 0.0719. The summed E-state index contributed by atoms with van der Waals surface area (Å²) in [5.74, 6) is 0.555. The third-order valence-corrected chi connectivity index (χ3v) is 3.18. The van der Waals surface area contributed by atoms with Gasteiger partial charge in [0.15, 0.2) is 0 Å². The molecule has 106 valence electrons. The van der Waals surface area contributed by atoms with Crippen molar-refractivity contribution in [2.75, 3.05) is 6.54 Å². The molecule has 0 aliphatic carbocycles. The summed E-state index contributed by atoms with van der Waals surface area (Å²) in [5, 5.41) is 6.23. The molecular weight excluding hydrogens is 236 g/mol. The molecule has 1 atom stereocenters.